The molecule has 1 unspecified atom stereocenters. The maximum Gasteiger partial charge on any atom is 0.223 e. The highest BCUT2D eigenvalue weighted by Gasteiger charge is 2.03. The molecule has 1 rings (SSSR count). The highest BCUT2D eigenvalue weighted by Crippen LogP contribution is 2.05. The highest BCUT2D eigenvalue weighted by atomic mass is 19.1. The fourth-order valence-electron chi connectivity index (χ4n) is 1.05. The van der Waals surface area contributed by atoms with E-state index >= 15 is 0 Å². The lowest BCUT2D eigenvalue weighted by Crippen LogP contribution is -2.19. The Balaban J connectivity index is 2.77. The van der Waals surface area contributed by atoms with Crippen LogP contribution in [-0.4, -0.2) is 22.7 Å². The van der Waals surface area contributed by atoms with Crippen molar-refractivity contribution >= 4 is 5.95 Å². The van der Waals surface area contributed by atoms with Gasteiger partial charge in [-0.1, -0.05) is 0 Å². The smallest absolute Gasteiger partial charge is 0.223 e. The van der Waals surface area contributed by atoms with Gasteiger partial charge in [-0.05, 0) is 26.8 Å². The monoisotopic (exact) mass is 183 g/mol. The van der Waals surface area contributed by atoms with Crippen LogP contribution in [0.25, 0.3) is 0 Å². The first-order valence-electron chi connectivity index (χ1n) is 4.26. The maximum atomic E-state index is 12.2. The normalized spacial score (nSPS) is 12.6. The molecule has 1 aromatic rings. The number of anilines is 1. The standard InChI is InChI=1S/C9H14FN3/c1-6-4-7(2)12-9(11-6)13-8(3)5-10/h4,8H,5H2,1-3H3,(H,11,12,13). The fraction of sp³-hybridized carbons (Fsp3) is 0.556. The van der Waals surface area contributed by atoms with Gasteiger partial charge in [0.25, 0.3) is 0 Å². The summed E-state index contributed by atoms with van der Waals surface area (Å²) in [6, 6.07) is 1.65. The van der Waals surface area contributed by atoms with Gasteiger partial charge in [0.1, 0.15) is 6.67 Å². The molecular formula is C9H14FN3. The third-order valence-electron chi connectivity index (χ3n) is 1.59. The molecule has 0 aliphatic heterocycles. The number of aromatic nitrogens is 2. The van der Waals surface area contributed by atoms with E-state index in [4.69, 9.17) is 0 Å². The summed E-state index contributed by atoms with van der Waals surface area (Å²) in [6.45, 7) is 5.11. The molecule has 0 aliphatic carbocycles. The molecule has 3 nitrogen and oxygen atoms in total. The SMILES string of the molecule is Cc1cc(C)nc(NC(C)CF)n1. The summed E-state index contributed by atoms with van der Waals surface area (Å²) in [5.74, 6) is 0.502. The first kappa shape index (κ1) is 9.89. The van der Waals surface area contributed by atoms with Gasteiger partial charge in [0.05, 0.1) is 6.04 Å². The van der Waals surface area contributed by atoms with Gasteiger partial charge >= 0.3 is 0 Å². The van der Waals surface area contributed by atoms with Crippen molar-refractivity contribution in [2.75, 3.05) is 12.0 Å². The van der Waals surface area contributed by atoms with Crippen LogP contribution in [-0.2, 0) is 0 Å². The quantitative estimate of drug-likeness (QED) is 0.777. The molecule has 0 bridgehead atoms. The Kier molecular flexibility index (Phi) is 3.17. The molecule has 0 saturated carbocycles. The van der Waals surface area contributed by atoms with E-state index in [1.807, 2.05) is 19.9 Å². The minimum Gasteiger partial charge on any atom is -0.349 e. The summed E-state index contributed by atoms with van der Waals surface area (Å²) in [6.07, 6.45) is 0. The first-order chi connectivity index (χ1) is 6.11. The molecule has 1 heterocycles. The molecule has 72 valence electrons. The van der Waals surface area contributed by atoms with Gasteiger partial charge in [0.2, 0.25) is 5.95 Å². The van der Waals surface area contributed by atoms with Crippen molar-refractivity contribution in [1.82, 2.24) is 9.97 Å². The summed E-state index contributed by atoms with van der Waals surface area (Å²) >= 11 is 0. The predicted molar refractivity (Wildman–Crippen MR) is 50.6 cm³/mol. The van der Waals surface area contributed by atoms with Crippen LogP contribution in [0, 0.1) is 13.8 Å². The van der Waals surface area contributed by atoms with Gasteiger partial charge in [-0.15, -0.1) is 0 Å². The average Bonchev–Trinajstić information content (AvgIpc) is 2.02. The largest absolute Gasteiger partial charge is 0.349 e. The topological polar surface area (TPSA) is 37.8 Å². The number of rotatable bonds is 3. The molecule has 0 amide bonds. The van der Waals surface area contributed by atoms with Crippen molar-refractivity contribution in [2.45, 2.75) is 26.8 Å². The fourth-order valence-corrected chi connectivity index (χ4v) is 1.05. The average molecular weight is 183 g/mol. The van der Waals surface area contributed by atoms with Crippen LogP contribution in [0.5, 0.6) is 0 Å². The Morgan fingerprint density at radius 2 is 1.92 bits per heavy atom. The minimum atomic E-state index is -0.420. The number of hydrogen-bond donors (Lipinski definition) is 1. The lowest BCUT2D eigenvalue weighted by molar-refractivity contribution is 0.459. The van der Waals surface area contributed by atoms with E-state index in [1.165, 1.54) is 0 Å². The predicted octanol–water partition coefficient (Wildman–Crippen LogP) is 1.86. The van der Waals surface area contributed by atoms with E-state index in [2.05, 4.69) is 15.3 Å². The van der Waals surface area contributed by atoms with E-state index in [1.54, 1.807) is 6.92 Å². The number of nitrogens with zero attached hydrogens (tertiary/aromatic N) is 2. The van der Waals surface area contributed by atoms with Crippen LogP contribution in [0.3, 0.4) is 0 Å². The summed E-state index contributed by atoms with van der Waals surface area (Å²) in [5, 5.41) is 2.88. The van der Waals surface area contributed by atoms with Crippen LogP contribution in [0.4, 0.5) is 10.3 Å². The number of alkyl halides is 1. The molecule has 4 heteroatoms. The zero-order valence-electron chi connectivity index (χ0n) is 8.13. The second-order valence-corrected chi connectivity index (χ2v) is 3.17. The van der Waals surface area contributed by atoms with Crippen LogP contribution >= 0.6 is 0 Å². The second kappa shape index (κ2) is 4.16. The number of nitrogens with one attached hydrogen (secondary N) is 1. The van der Waals surface area contributed by atoms with E-state index in [-0.39, 0.29) is 6.04 Å². The Labute approximate surface area is 77.4 Å². The van der Waals surface area contributed by atoms with E-state index in [9.17, 15) is 4.39 Å². The molecule has 0 saturated heterocycles. The van der Waals surface area contributed by atoms with E-state index in [0.717, 1.165) is 11.4 Å². The van der Waals surface area contributed by atoms with Crippen molar-refractivity contribution in [2.24, 2.45) is 0 Å². The zero-order valence-corrected chi connectivity index (χ0v) is 8.13. The molecule has 0 fully saturated rings. The summed E-state index contributed by atoms with van der Waals surface area (Å²) in [7, 11) is 0. The van der Waals surface area contributed by atoms with Gasteiger partial charge < -0.3 is 5.32 Å². The molecule has 13 heavy (non-hydrogen) atoms. The summed E-state index contributed by atoms with van der Waals surface area (Å²) in [4.78, 5) is 8.27. The third kappa shape index (κ3) is 2.97. The first-order valence-corrected chi connectivity index (χ1v) is 4.26. The van der Waals surface area contributed by atoms with Crippen molar-refractivity contribution < 1.29 is 4.39 Å². The van der Waals surface area contributed by atoms with E-state index < -0.39 is 6.67 Å². The van der Waals surface area contributed by atoms with Gasteiger partial charge in [0, 0.05) is 11.4 Å². The van der Waals surface area contributed by atoms with Crippen LogP contribution in [0.1, 0.15) is 18.3 Å². The van der Waals surface area contributed by atoms with Gasteiger partial charge in [-0.25, -0.2) is 14.4 Å². The molecule has 1 N–H and O–H groups in total. The summed E-state index contributed by atoms with van der Waals surface area (Å²) < 4.78 is 12.2. The van der Waals surface area contributed by atoms with Crippen molar-refractivity contribution in [1.29, 1.82) is 0 Å². The molecule has 0 aromatic carbocycles. The lowest BCUT2D eigenvalue weighted by Gasteiger charge is -2.10. The Bertz CT molecular complexity index is 268. The Hall–Kier alpha value is -1.19. The van der Waals surface area contributed by atoms with Gasteiger partial charge in [-0.3, -0.25) is 0 Å². The maximum absolute atomic E-state index is 12.2. The highest BCUT2D eigenvalue weighted by molar-refractivity contribution is 5.28. The van der Waals surface area contributed by atoms with Gasteiger partial charge in [-0.2, -0.15) is 0 Å². The van der Waals surface area contributed by atoms with Crippen molar-refractivity contribution in [3.05, 3.63) is 17.5 Å². The minimum absolute atomic E-state index is 0.235. The number of aryl methyl sites for hydroxylation is 2. The van der Waals surface area contributed by atoms with Gasteiger partial charge in [0.15, 0.2) is 0 Å². The molecule has 0 aliphatic rings. The van der Waals surface area contributed by atoms with E-state index in [0.29, 0.717) is 5.95 Å². The number of hydrogen-bond acceptors (Lipinski definition) is 3. The molecule has 0 spiro atoms. The van der Waals surface area contributed by atoms with Crippen molar-refractivity contribution in [3.63, 3.8) is 0 Å². The molecule has 1 aromatic heterocycles. The molecule has 1 atom stereocenters. The Morgan fingerprint density at radius 3 is 2.38 bits per heavy atom. The van der Waals surface area contributed by atoms with Crippen LogP contribution in [0.15, 0.2) is 6.07 Å². The van der Waals surface area contributed by atoms with Crippen molar-refractivity contribution in [3.8, 4) is 0 Å². The molecular weight excluding hydrogens is 169 g/mol. The zero-order chi connectivity index (χ0) is 9.84. The lowest BCUT2D eigenvalue weighted by atomic mass is 10.3. The van der Waals surface area contributed by atoms with Crippen LogP contribution in [0.2, 0.25) is 0 Å². The van der Waals surface area contributed by atoms with Crippen LogP contribution < -0.4 is 5.32 Å². The summed E-state index contributed by atoms with van der Waals surface area (Å²) in [5.41, 5.74) is 1.78. The third-order valence-corrected chi connectivity index (χ3v) is 1.59. The second-order valence-electron chi connectivity index (χ2n) is 3.17. The molecule has 0 radical (unpaired) electrons. The number of halogens is 1. The Morgan fingerprint density at radius 1 is 1.38 bits per heavy atom.